The van der Waals surface area contributed by atoms with Gasteiger partial charge in [-0.1, -0.05) is 11.8 Å². The van der Waals surface area contributed by atoms with Crippen LogP contribution in [-0.2, 0) is 11.8 Å². The van der Waals surface area contributed by atoms with Gasteiger partial charge in [-0.25, -0.2) is 4.68 Å². The van der Waals surface area contributed by atoms with E-state index in [1.54, 1.807) is 11.7 Å². The zero-order valence-corrected chi connectivity index (χ0v) is 14.7. The molecule has 126 valence electrons. The van der Waals surface area contributed by atoms with Crippen molar-refractivity contribution in [3.05, 3.63) is 0 Å². The number of hydrogen-bond acceptors (Lipinski definition) is 5. The van der Waals surface area contributed by atoms with Crippen LogP contribution in [0.4, 0.5) is 0 Å². The summed E-state index contributed by atoms with van der Waals surface area (Å²) in [4.78, 5) is 12.3. The maximum absolute atomic E-state index is 12.3. The van der Waals surface area contributed by atoms with Gasteiger partial charge in [-0.3, -0.25) is 4.79 Å². The van der Waals surface area contributed by atoms with Gasteiger partial charge in [0.25, 0.3) is 0 Å². The second-order valence-corrected chi connectivity index (χ2v) is 8.89. The van der Waals surface area contributed by atoms with Crippen molar-refractivity contribution < 1.29 is 4.79 Å². The minimum Gasteiger partial charge on any atom is -0.352 e. The van der Waals surface area contributed by atoms with Crippen molar-refractivity contribution in [1.29, 1.82) is 0 Å². The minimum atomic E-state index is 0.0984. The van der Waals surface area contributed by atoms with E-state index in [2.05, 4.69) is 27.8 Å². The van der Waals surface area contributed by atoms with Gasteiger partial charge in [0.05, 0.1) is 5.75 Å². The van der Waals surface area contributed by atoms with E-state index in [0.717, 1.165) is 17.8 Å². The van der Waals surface area contributed by atoms with Crippen LogP contribution >= 0.6 is 11.8 Å². The van der Waals surface area contributed by atoms with E-state index in [1.807, 2.05) is 0 Å². The van der Waals surface area contributed by atoms with E-state index in [-0.39, 0.29) is 11.9 Å². The Hall–Kier alpha value is -1.11. The highest BCUT2D eigenvalue weighted by atomic mass is 32.2. The highest BCUT2D eigenvalue weighted by Gasteiger charge is 2.53. The largest absolute Gasteiger partial charge is 0.352 e. The summed E-state index contributed by atoms with van der Waals surface area (Å²) in [6, 6.07) is 0.279. The molecule has 6 nitrogen and oxygen atoms in total. The Labute approximate surface area is 141 Å². The predicted molar refractivity (Wildman–Crippen MR) is 87.7 cm³/mol. The van der Waals surface area contributed by atoms with E-state index in [9.17, 15) is 4.79 Å². The number of aromatic nitrogens is 4. The first-order valence-corrected chi connectivity index (χ1v) is 9.67. The Bertz CT molecular complexity index is 566. The molecule has 4 aliphatic carbocycles. The van der Waals surface area contributed by atoms with Crippen molar-refractivity contribution in [2.24, 2.45) is 30.2 Å². The number of carbonyl (C=O) groups is 1. The summed E-state index contributed by atoms with van der Waals surface area (Å²) < 4.78 is 1.60. The first-order chi connectivity index (χ1) is 11.0. The molecule has 1 aromatic rings. The SMILES string of the molecule is CC(NC(=O)CSc1nnnn1C)C12CC3CC(CC(C3)C1)C2. The van der Waals surface area contributed by atoms with Gasteiger partial charge in [0.15, 0.2) is 0 Å². The van der Waals surface area contributed by atoms with Gasteiger partial charge in [-0.2, -0.15) is 0 Å². The monoisotopic (exact) mass is 335 g/mol. The second-order valence-electron chi connectivity index (χ2n) is 7.94. The Morgan fingerprint density at radius 1 is 1.30 bits per heavy atom. The van der Waals surface area contributed by atoms with E-state index in [1.165, 1.54) is 50.3 Å². The lowest BCUT2D eigenvalue weighted by Gasteiger charge is -2.59. The van der Waals surface area contributed by atoms with Gasteiger partial charge in [-0.05, 0) is 79.0 Å². The molecule has 4 bridgehead atoms. The molecule has 7 heteroatoms. The lowest BCUT2D eigenvalue weighted by Crippen LogP contribution is -2.56. The van der Waals surface area contributed by atoms with Crippen LogP contribution < -0.4 is 5.32 Å². The summed E-state index contributed by atoms with van der Waals surface area (Å²) in [5, 5.41) is 15.3. The topological polar surface area (TPSA) is 72.7 Å². The molecule has 0 aromatic carbocycles. The molecular formula is C16H25N5OS. The van der Waals surface area contributed by atoms with Crippen molar-refractivity contribution in [1.82, 2.24) is 25.5 Å². The smallest absolute Gasteiger partial charge is 0.230 e. The highest BCUT2D eigenvalue weighted by molar-refractivity contribution is 7.99. The van der Waals surface area contributed by atoms with Gasteiger partial charge in [-0.15, -0.1) is 5.10 Å². The summed E-state index contributed by atoms with van der Waals surface area (Å²) in [5.74, 6) is 3.23. The molecule has 4 fully saturated rings. The number of carbonyl (C=O) groups excluding carboxylic acids is 1. The van der Waals surface area contributed by atoms with E-state index in [4.69, 9.17) is 0 Å². The fourth-order valence-corrected chi connectivity index (χ4v) is 6.28. The third-order valence-corrected chi connectivity index (χ3v) is 7.31. The molecule has 4 aliphatic rings. The normalized spacial score (nSPS) is 36.2. The van der Waals surface area contributed by atoms with Crippen LogP contribution in [0.1, 0.15) is 45.4 Å². The first-order valence-electron chi connectivity index (χ1n) is 8.68. The number of thioether (sulfide) groups is 1. The number of tetrazole rings is 1. The summed E-state index contributed by atoms with van der Waals surface area (Å²) in [6.07, 6.45) is 8.28. The Morgan fingerprint density at radius 2 is 1.91 bits per heavy atom. The molecule has 1 unspecified atom stereocenters. The molecule has 0 spiro atoms. The predicted octanol–water partition coefficient (Wildman–Crippen LogP) is 2.02. The maximum atomic E-state index is 12.3. The van der Waals surface area contributed by atoms with Crippen molar-refractivity contribution in [2.45, 2.75) is 56.6 Å². The number of nitrogens with one attached hydrogen (secondary N) is 1. The fourth-order valence-electron chi connectivity index (χ4n) is 5.62. The lowest BCUT2D eigenvalue weighted by molar-refractivity contribution is -0.123. The van der Waals surface area contributed by atoms with Crippen LogP contribution in [0.25, 0.3) is 0 Å². The zero-order valence-electron chi connectivity index (χ0n) is 13.9. The van der Waals surface area contributed by atoms with Crippen LogP contribution in [0.2, 0.25) is 0 Å². The molecule has 5 rings (SSSR count). The molecular weight excluding hydrogens is 310 g/mol. The Morgan fingerprint density at radius 3 is 2.43 bits per heavy atom. The van der Waals surface area contributed by atoms with Gasteiger partial charge in [0.1, 0.15) is 0 Å². The molecule has 1 amide bonds. The van der Waals surface area contributed by atoms with Crippen molar-refractivity contribution in [3.8, 4) is 0 Å². The van der Waals surface area contributed by atoms with Crippen molar-refractivity contribution in [2.75, 3.05) is 5.75 Å². The zero-order chi connectivity index (χ0) is 16.0. The van der Waals surface area contributed by atoms with E-state index >= 15 is 0 Å². The molecule has 4 saturated carbocycles. The highest BCUT2D eigenvalue weighted by Crippen LogP contribution is 2.61. The summed E-state index contributed by atoms with van der Waals surface area (Å²) in [7, 11) is 1.79. The summed E-state index contributed by atoms with van der Waals surface area (Å²) >= 11 is 1.40. The molecule has 0 aliphatic heterocycles. The van der Waals surface area contributed by atoms with Gasteiger partial charge < -0.3 is 5.32 Å². The van der Waals surface area contributed by atoms with Crippen LogP contribution in [-0.4, -0.2) is 37.9 Å². The van der Waals surface area contributed by atoms with Crippen molar-refractivity contribution in [3.63, 3.8) is 0 Å². The standard InChI is InChI=1S/C16H25N5OS/c1-10(17-14(22)9-23-15-18-19-20-21(15)2)16-6-11-3-12(7-16)5-13(4-11)8-16/h10-13H,3-9H2,1-2H3,(H,17,22). The third-order valence-electron chi connectivity index (χ3n) is 6.30. The van der Waals surface area contributed by atoms with Crippen LogP contribution in [0.5, 0.6) is 0 Å². The average Bonchev–Trinajstić information content (AvgIpc) is 2.89. The molecule has 1 heterocycles. The van der Waals surface area contributed by atoms with Gasteiger partial charge in [0, 0.05) is 13.1 Å². The number of aryl methyl sites for hydroxylation is 1. The molecule has 1 atom stereocenters. The second kappa shape index (κ2) is 5.76. The molecule has 0 radical (unpaired) electrons. The molecule has 23 heavy (non-hydrogen) atoms. The Balaban J connectivity index is 1.35. The third kappa shape index (κ3) is 2.88. The molecule has 1 aromatic heterocycles. The number of hydrogen-bond donors (Lipinski definition) is 1. The lowest BCUT2D eigenvalue weighted by atomic mass is 9.48. The molecule has 1 N–H and O–H groups in total. The van der Waals surface area contributed by atoms with Crippen LogP contribution in [0.15, 0.2) is 5.16 Å². The first kappa shape index (κ1) is 15.4. The number of amides is 1. The maximum Gasteiger partial charge on any atom is 0.230 e. The van der Waals surface area contributed by atoms with Gasteiger partial charge >= 0.3 is 0 Å². The van der Waals surface area contributed by atoms with Crippen LogP contribution in [0, 0.1) is 23.2 Å². The van der Waals surface area contributed by atoms with Crippen molar-refractivity contribution >= 4 is 17.7 Å². The summed E-state index contributed by atoms with van der Waals surface area (Å²) in [6.45, 7) is 2.22. The van der Waals surface area contributed by atoms with E-state index in [0.29, 0.717) is 16.3 Å². The number of nitrogens with zero attached hydrogens (tertiary/aromatic N) is 4. The fraction of sp³-hybridized carbons (Fsp3) is 0.875. The minimum absolute atomic E-state index is 0.0984. The number of rotatable bonds is 5. The van der Waals surface area contributed by atoms with Gasteiger partial charge in [0.2, 0.25) is 11.1 Å². The van der Waals surface area contributed by atoms with Crippen LogP contribution in [0.3, 0.4) is 0 Å². The Kier molecular flexibility index (Phi) is 3.86. The van der Waals surface area contributed by atoms with E-state index < -0.39 is 0 Å². The summed E-state index contributed by atoms with van der Waals surface area (Å²) in [5.41, 5.74) is 0.363. The quantitative estimate of drug-likeness (QED) is 0.834. The average molecular weight is 335 g/mol. The molecule has 0 saturated heterocycles.